The van der Waals surface area contributed by atoms with Crippen LogP contribution in [0.3, 0.4) is 0 Å². The number of pyridine rings is 3. The van der Waals surface area contributed by atoms with Crippen molar-refractivity contribution in [3.8, 4) is 0 Å². The van der Waals surface area contributed by atoms with Gasteiger partial charge in [-0.15, -0.1) is 0 Å². The van der Waals surface area contributed by atoms with Gasteiger partial charge in [0.05, 0.1) is 22.6 Å². The number of nitrogens with two attached hydrogens (primary N) is 1. The van der Waals surface area contributed by atoms with Crippen molar-refractivity contribution >= 4 is 55.6 Å². The first-order chi connectivity index (χ1) is 55.9. The van der Waals surface area contributed by atoms with Gasteiger partial charge in [0.1, 0.15) is 5.82 Å². The van der Waals surface area contributed by atoms with E-state index in [1.807, 2.05) is 73.9 Å². The zero-order valence-corrected chi connectivity index (χ0v) is 74.5. The number of para-hydroxylation sites is 1. The molecule has 17 rings (SSSR count). The number of hydrogen-bond donors (Lipinski definition) is 3. The van der Waals surface area contributed by atoms with Crippen molar-refractivity contribution in [1.82, 2.24) is 53.2 Å². The number of aromatic nitrogens is 11. The number of halogens is 3. The molecule has 4 N–H and O–H groups in total. The summed E-state index contributed by atoms with van der Waals surface area (Å²) >= 11 is 0. The predicted octanol–water partition coefficient (Wildman–Crippen LogP) is 23.5. The summed E-state index contributed by atoms with van der Waals surface area (Å²) in [6.45, 7) is 47.1. The molecule has 0 spiro atoms. The molecule has 0 saturated carbocycles. The van der Waals surface area contributed by atoms with Gasteiger partial charge in [-0.25, -0.2) is 23.1 Å². The summed E-state index contributed by atoms with van der Waals surface area (Å²) in [6, 6.07) is 29.2. The summed E-state index contributed by atoms with van der Waals surface area (Å²) < 4.78 is 47.6. The van der Waals surface area contributed by atoms with E-state index in [2.05, 4.69) is 245 Å². The van der Waals surface area contributed by atoms with E-state index in [0.717, 1.165) is 102 Å². The van der Waals surface area contributed by atoms with Crippen molar-refractivity contribution in [1.29, 1.82) is 0 Å². The first-order valence-corrected chi connectivity index (χ1v) is 42.4. The Hall–Kier alpha value is -10.6. The highest BCUT2D eigenvalue weighted by Crippen LogP contribution is 2.38. The van der Waals surface area contributed by atoms with Crippen LogP contribution in [0.4, 0.5) is 19.1 Å². The molecule has 8 aromatic heterocycles. The van der Waals surface area contributed by atoms with Gasteiger partial charge < -0.3 is 24.4 Å². The van der Waals surface area contributed by atoms with E-state index < -0.39 is 6.43 Å². The highest BCUT2D eigenvalue weighted by atomic mass is 19.3. The number of allylic oxidation sites excluding steroid dienone is 10. The molecule has 3 aromatic carbocycles. The van der Waals surface area contributed by atoms with Crippen LogP contribution in [0.5, 0.6) is 0 Å². The Morgan fingerprint density at radius 3 is 1.72 bits per heavy atom. The van der Waals surface area contributed by atoms with Gasteiger partial charge in [-0.3, -0.25) is 33.8 Å². The number of benzene rings is 3. The van der Waals surface area contributed by atoms with Crippen LogP contribution in [0.2, 0.25) is 0 Å². The Bertz CT molecular complexity index is 5670. The monoisotopic (exact) mass is 1600 g/mol. The van der Waals surface area contributed by atoms with Crippen LogP contribution in [0, 0.1) is 63.1 Å². The van der Waals surface area contributed by atoms with Crippen LogP contribution in [0.25, 0.3) is 49.7 Å². The normalized spacial score (nSPS) is 13.7. The van der Waals surface area contributed by atoms with Gasteiger partial charge in [0.15, 0.2) is 0 Å². The third-order valence-corrected chi connectivity index (χ3v) is 22.8. The quantitative estimate of drug-likeness (QED) is 0.121. The lowest BCUT2D eigenvalue weighted by molar-refractivity contribution is 0.151. The molecule has 0 aliphatic heterocycles. The lowest BCUT2D eigenvalue weighted by atomic mass is 9.95. The van der Waals surface area contributed by atoms with Crippen LogP contribution in [-0.2, 0) is 59.0 Å². The Morgan fingerprint density at radius 1 is 0.525 bits per heavy atom. The zero-order valence-electron chi connectivity index (χ0n) is 74.5. The number of aryl methyl sites for hydroxylation is 3. The van der Waals surface area contributed by atoms with E-state index in [1.165, 1.54) is 113 Å². The third-order valence-electron chi connectivity index (χ3n) is 22.8. The number of nitrogens with one attached hydrogen (secondary N) is 2. The van der Waals surface area contributed by atoms with E-state index in [4.69, 9.17) is 5.73 Å². The molecule has 8 heterocycles. The summed E-state index contributed by atoms with van der Waals surface area (Å²) in [6.07, 6.45) is 27.8. The van der Waals surface area contributed by atoms with Crippen LogP contribution in [0.15, 0.2) is 167 Å². The van der Waals surface area contributed by atoms with Crippen molar-refractivity contribution in [3.63, 3.8) is 0 Å². The van der Waals surface area contributed by atoms with Crippen LogP contribution in [-0.4, -0.2) is 53.2 Å². The molecule has 0 saturated heterocycles. The fraction of sp³-hybridized carbons (Fsp3) is 0.430. The molecule has 6 aliphatic rings. The Kier molecular flexibility index (Phi) is 31.5. The molecule has 18 heteroatoms. The van der Waals surface area contributed by atoms with Gasteiger partial charge in [0.25, 0.3) is 23.1 Å². The average Bonchev–Trinajstić information content (AvgIpc) is 1.61. The number of fused-ring (bicyclic) bond motifs is 8. The van der Waals surface area contributed by atoms with E-state index in [-0.39, 0.29) is 28.1 Å². The fourth-order valence-electron chi connectivity index (χ4n) is 16.2. The lowest BCUT2D eigenvalue weighted by Gasteiger charge is -2.16. The minimum atomic E-state index is -2.37. The SMILES string of the molecule is CC(C)C1=CCc2ccc(=O)n(C)c21.CC(C)C1=CCc2ccc(C(F)F)cc21.CC(C)C1=CCc2cn(C)c(=O)cc21.CC(C)C1=CCc2cnc(N)nc21.CC(C)c1cccc2cc[nH]c12.CC(C)n1[nH]c(=O)c2c1CCCC2.CC(C)n1ccc2ccc(F)cc21.Cc1cc2c(cn1)C(C(C)C)=CC2.Cc1nn(C(C)C)c(C)c1C. The molecule has 15 nitrogen and oxygen atoms in total. The molecule has 0 amide bonds. The Labute approximate surface area is 698 Å². The molecule has 0 atom stereocenters. The smallest absolute Gasteiger partial charge is 0.267 e. The Balaban J connectivity index is 0.000000152. The minimum Gasteiger partial charge on any atom is -0.368 e. The van der Waals surface area contributed by atoms with E-state index >= 15 is 0 Å². The van der Waals surface area contributed by atoms with E-state index in [1.54, 1.807) is 40.4 Å². The molecule has 0 unspecified atom stereocenters. The first kappa shape index (κ1) is 91.3. The molecule has 0 bridgehead atoms. The maximum Gasteiger partial charge on any atom is 0.267 e. The second-order valence-corrected chi connectivity index (χ2v) is 34.5. The number of H-pyrrole nitrogens is 2. The van der Waals surface area contributed by atoms with Crippen LogP contribution in [0.1, 0.15) is 269 Å². The third kappa shape index (κ3) is 22.2. The molecule has 6 aliphatic carbocycles. The number of rotatable bonds is 10. The summed E-state index contributed by atoms with van der Waals surface area (Å²) in [5.41, 5.74) is 35.4. The number of aromatic amines is 2. The van der Waals surface area contributed by atoms with Gasteiger partial charge in [-0.1, -0.05) is 150 Å². The van der Waals surface area contributed by atoms with Crippen molar-refractivity contribution in [2.75, 3.05) is 5.73 Å². The van der Waals surface area contributed by atoms with Crippen LogP contribution >= 0.6 is 0 Å². The van der Waals surface area contributed by atoms with Gasteiger partial charge in [-0.2, -0.15) is 5.10 Å². The highest BCUT2D eigenvalue weighted by molar-refractivity contribution is 5.83. The first-order valence-electron chi connectivity index (χ1n) is 42.4. The molecule has 0 fully saturated rings. The minimum absolute atomic E-state index is 0.0807. The van der Waals surface area contributed by atoms with Crippen molar-refractivity contribution in [2.45, 2.75) is 241 Å². The summed E-state index contributed by atoms with van der Waals surface area (Å²) in [7, 11) is 3.65. The van der Waals surface area contributed by atoms with Gasteiger partial charge >= 0.3 is 0 Å². The topological polar surface area (TPSA) is 185 Å². The predicted molar refractivity (Wildman–Crippen MR) is 486 cm³/mol. The summed E-state index contributed by atoms with van der Waals surface area (Å²) in [4.78, 5) is 50.3. The summed E-state index contributed by atoms with van der Waals surface area (Å²) in [5, 5.41) is 9.74. The molecular weight excluding hydrogens is 1470 g/mol. The van der Waals surface area contributed by atoms with Gasteiger partial charge in [0, 0.05) is 115 Å². The fourth-order valence-corrected chi connectivity index (χ4v) is 16.2. The summed E-state index contributed by atoms with van der Waals surface area (Å²) in [5.74, 6) is 3.31. The molecular formula is C100H129F3N12O3. The molecule has 628 valence electrons. The highest BCUT2D eigenvalue weighted by Gasteiger charge is 2.25. The molecule has 118 heavy (non-hydrogen) atoms. The second-order valence-electron chi connectivity index (χ2n) is 34.5. The van der Waals surface area contributed by atoms with E-state index in [0.29, 0.717) is 59.6 Å². The lowest BCUT2D eigenvalue weighted by Crippen LogP contribution is -2.19. The number of hydrogen-bond acceptors (Lipinski definition) is 8. The molecule has 11 aromatic rings. The maximum absolute atomic E-state index is 12.9. The standard InChI is InChI=1S/C13H14F2.2C12H15NO.C12H15N.C11H12FN.C11H13N.C10H13N3.C10H16N2O.C9H16N2/c1-8(2)11-6-5-9-3-4-10(13(14)15)7-12(9)11;1-8(2)10-6-4-9-5-7-11(14)13(3)12(9)10;1-8(2)10-5-4-9-7-13(3)12(14)6-11(9)10;1-8(2)11-5-4-10-6-9(3)13-7-12(10)11;1-8(2)13-6-5-9-3-4-10(12)7-11(9)13;1-8(2)10-5-3-4-9-6-7-12-11(9)10;1-6(2)8-4-3-7-5-12-10(11)13-9(7)8;1-7(2)12-9-6-4-3-5-8(9)10(13)11-12;1-6(2)11-9(5)7(3)8(4)10-11/h3-4,6-8,13H,5H2,1-2H3;2*5-8H,4H2,1-3H3;5-8H,4H2,1-3H3;3-8H,1-2H3;3-8,12H,1-2H3;4-6H,3H2,1-2H3,(H2,11,12,13);7H,3-6H2,1-2H3,(H,11,13);6H,1-5H3. The maximum atomic E-state index is 12.9. The Morgan fingerprint density at radius 2 is 1.12 bits per heavy atom. The number of nitrogen functional groups attached to an aromatic ring is 1. The zero-order chi connectivity index (χ0) is 86.4. The van der Waals surface area contributed by atoms with Gasteiger partial charge in [0.2, 0.25) is 5.95 Å². The average molecular weight is 1600 g/mol. The van der Waals surface area contributed by atoms with Crippen molar-refractivity contribution in [2.24, 2.45) is 43.7 Å². The van der Waals surface area contributed by atoms with Crippen LogP contribution < -0.4 is 22.4 Å². The number of nitrogens with zero attached hydrogens (tertiary/aromatic N) is 9. The van der Waals surface area contributed by atoms with Gasteiger partial charge in [-0.05, 0) is 294 Å². The second kappa shape index (κ2) is 40.7. The van der Waals surface area contributed by atoms with Crippen molar-refractivity contribution in [3.05, 3.63) is 290 Å². The largest absolute Gasteiger partial charge is 0.368 e. The van der Waals surface area contributed by atoms with Crippen molar-refractivity contribution < 1.29 is 13.2 Å². The number of alkyl halides is 2. The number of anilines is 1. The van der Waals surface area contributed by atoms with E-state index in [9.17, 15) is 27.6 Å². The molecule has 0 radical (unpaired) electrons.